The number of rotatable bonds is 8. The van der Waals surface area contributed by atoms with Crippen LogP contribution < -0.4 is 4.74 Å². The van der Waals surface area contributed by atoms with Crippen LogP contribution >= 0.6 is 0 Å². The molecule has 0 bridgehead atoms. The summed E-state index contributed by atoms with van der Waals surface area (Å²) in [7, 11) is 4.16. The van der Waals surface area contributed by atoms with Crippen molar-refractivity contribution in [3.63, 3.8) is 0 Å². The number of aromatic nitrogens is 2. The minimum absolute atomic E-state index is 0.380. The standard InChI is InChI=1S/C25H30N4O/c1-28(2)18-21-10-6-12-24(27-21)25-13-7-15-29(25)17-20-8-5-11-23(16-20)30-19-22-9-3-4-14-26-22/h3-6,8-12,14,16,25H,7,13,15,17-19H2,1-2H3. The molecule has 2 aromatic heterocycles. The predicted octanol–water partition coefficient (Wildman–Crippen LogP) is 4.45. The van der Waals surface area contributed by atoms with Crippen LogP contribution in [-0.4, -0.2) is 40.4 Å². The fourth-order valence-electron chi connectivity index (χ4n) is 4.06. The van der Waals surface area contributed by atoms with Gasteiger partial charge >= 0.3 is 0 Å². The first-order chi connectivity index (χ1) is 14.7. The second-order valence-corrected chi connectivity index (χ2v) is 8.18. The van der Waals surface area contributed by atoms with Crippen molar-refractivity contribution >= 4 is 0 Å². The van der Waals surface area contributed by atoms with E-state index < -0.39 is 0 Å². The van der Waals surface area contributed by atoms with Crippen molar-refractivity contribution in [2.45, 2.75) is 38.6 Å². The third-order valence-electron chi connectivity index (χ3n) is 5.41. The lowest BCUT2D eigenvalue weighted by Gasteiger charge is -2.25. The molecule has 30 heavy (non-hydrogen) atoms. The van der Waals surface area contributed by atoms with Crippen molar-refractivity contribution in [2.75, 3.05) is 20.6 Å². The summed E-state index contributed by atoms with van der Waals surface area (Å²) in [6.45, 7) is 3.36. The lowest BCUT2D eigenvalue weighted by Crippen LogP contribution is -2.24. The number of benzene rings is 1. The highest BCUT2D eigenvalue weighted by Crippen LogP contribution is 2.32. The molecule has 3 heterocycles. The molecule has 1 saturated heterocycles. The predicted molar refractivity (Wildman–Crippen MR) is 119 cm³/mol. The zero-order chi connectivity index (χ0) is 20.8. The van der Waals surface area contributed by atoms with Crippen molar-refractivity contribution in [3.05, 3.63) is 89.5 Å². The van der Waals surface area contributed by atoms with E-state index in [1.54, 1.807) is 6.20 Å². The van der Waals surface area contributed by atoms with Crippen LogP contribution in [0.5, 0.6) is 5.75 Å². The molecule has 1 aromatic carbocycles. The molecule has 5 heteroatoms. The fraction of sp³-hybridized carbons (Fsp3) is 0.360. The van der Waals surface area contributed by atoms with Crippen LogP contribution in [0.15, 0.2) is 66.9 Å². The molecule has 1 fully saturated rings. The molecule has 0 aliphatic carbocycles. The molecule has 0 N–H and O–H groups in total. The average molecular weight is 403 g/mol. The van der Waals surface area contributed by atoms with E-state index in [0.717, 1.165) is 43.2 Å². The summed E-state index contributed by atoms with van der Waals surface area (Å²) in [4.78, 5) is 14.0. The smallest absolute Gasteiger partial charge is 0.130 e. The minimum Gasteiger partial charge on any atom is -0.487 e. The largest absolute Gasteiger partial charge is 0.487 e. The normalized spacial score (nSPS) is 16.8. The monoisotopic (exact) mass is 402 g/mol. The maximum Gasteiger partial charge on any atom is 0.130 e. The summed E-state index contributed by atoms with van der Waals surface area (Å²) < 4.78 is 5.96. The van der Waals surface area contributed by atoms with Gasteiger partial charge in [-0.3, -0.25) is 14.9 Å². The summed E-state index contributed by atoms with van der Waals surface area (Å²) in [6.07, 6.45) is 4.17. The van der Waals surface area contributed by atoms with Crippen LogP contribution in [0.25, 0.3) is 0 Å². The second-order valence-electron chi connectivity index (χ2n) is 8.18. The maximum absolute atomic E-state index is 5.96. The Hall–Kier alpha value is -2.76. The van der Waals surface area contributed by atoms with Crippen LogP contribution in [0.2, 0.25) is 0 Å². The quantitative estimate of drug-likeness (QED) is 0.557. The van der Waals surface area contributed by atoms with Gasteiger partial charge in [0.1, 0.15) is 12.4 Å². The fourth-order valence-corrected chi connectivity index (χ4v) is 4.06. The third kappa shape index (κ3) is 5.43. The molecule has 0 spiro atoms. The van der Waals surface area contributed by atoms with Crippen LogP contribution in [0, 0.1) is 0 Å². The second kappa shape index (κ2) is 9.83. The molecular weight excluding hydrogens is 372 g/mol. The van der Waals surface area contributed by atoms with Crippen molar-refractivity contribution < 1.29 is 4.74 Å². The number of ether oxygens (including phenoxy) is 1. The molecule has 156 valence electrons. The van der Waals surface area contributed by atoms with Crippen LogP contribution in [-0.2, 0) is 19.7 Å². The van der Waals surface area contributed by atoms with Gasteiger partial charge in [0.15, 0.2) is 0 Å². The van der Waals surface area contributed by atoms with Gasteiger partial charge in [-0.2, -0.15) is 0 Å². The maximum atomic E-state index is 5.96. The van der Waals surface area contributed by atoms with E-state index in [9.17, 15) is 0 Å². The Kier molecular flexibility index (Phi) is 6.72. The van der Waals surface area contributed by atoms with Gasteiger partial charge in [-0.25, -0.2) is 0 Å². The average Bonchev–Trinajstić information content (AvgIpc) is 3.21. The molecule has 0 amide bonds. The van der Waals surface area contributed by atoms with Gasteiger partial charge < -0.3 is 9.64 Å². The van der Waals surface area contributed by atoms with E-state index in [1.165, 1.54) is 17.7 Å². The molecule has 1 aliphatic rings. The summed E-state index contributed by atoms with van der Waals surface area (Å²) in [5.41, 5.74) is 4.53. The Labute approximate surface area is 179 Å². The van der Waals surface area contributed by atoms with Gasteiger partial charge in [0, 0.05) is 19.3 Å². The first-order valence-corrected chi connectivity index (χ1v) is 10.6. The summed E-state index contributed by atoms with van der Waals surface area (Å²) in [5, 5.41) is 0. The minimum atomic E-state index is 0.380. The number of hydrogen-bond acceptors (Lipinski definition) is 5. The van der Waals surface area contributed by atoms with Crippen molar-refractivity contribution in [2.24, 2.45) is 0 Å². The van der Waals surface area contributed by atoms with E-state index in [4.69, 9.17) is 9.72 Å². The first kappa shape index (κ1) is 20.5. The van der Waals surface area contributed by atoms with E-state index in [1.807, 2.05) is 24.3 Å². The highest BCUT2D eigenvalue weighted by atomic mass is 16.5. The van der Waals surface area contributed by atoms with Gasteiger partial charge in [-0.1, -0.05) is 24.3 Å². The van der Waals surface area contributed by atoms with Crippen LogP contribution in [0.4, 0.5) is 0 Å². The Balaban J connectivity index is 1.42. The SMILES string of the molecule is CN(C)Cc1cccc(C2CCCN2Cc2cccc(OCc3ccccn3)c2)n1. The van der Waals surface area contributed by atoms with Crippen LogP contribution in [0.3, 0.4) is 0 Å². The van der Waals surface area contributed by atoms with E-state index in [2.05, 4.69) is 65.3 Å². The van der Waals surface area contributed by atoms with E-state index >= 15 is 0 Å². The Morgan fingerprint density at radius 1 is 1.03 bits per heavy atom. The zero-order valence-corrected chi connectivity index (χ0v) is 17.9. The van der Waals surface area contributed by atoms with Crippen molar-refractivity contribution in [1.82, 2.24) is 19.8 Å². The van der Waals surface area contributed by atoms with Gasteiger partial charge in [-0.15, -0.1) is 0 Å². The summed E-state index contributed by atoms with van der Waals surface area (Å²) >= 11 is 0. The van der Waals surface area contributed by atoms with Gasteiger partial charge in [0.05, 0.1) is 23.1 Å². The number of nitrogens with zero attached hydrogens (tertiary/aromatic N) is 4. The number of hydrogen-bond donors (Lipinski definition) is 0. The highest BCUT2D eigenvalue weighted by Gasteiger charge is 2.27. The molecule has 4 rings (SSSR count). The molecular formula is C25H30N4O. The Bertz CT molecular complexity index is 945. The van der Waals surface area contributed by atoms with Gasteiger partial charge in [-0.05, 0) is 75.4 Å². The molecule has 0 radical (unpaired) electrons. The first-order valence-electron chi connectivity index (χ1n) is 10.6. The number of likely N-dealkylation sites (tertiary alicyclic amines) is 1. The molecule has 1 atom stereocenters. The Morgan fingerprint density at radius 2 is 1.90 bits per heavy atom. The van der Waals surface area contributed by atoms with Crippen molar-refractivity contribution in [1.29, 1.82) is 0 Å². The number of pyridine rings is 2. The summed E-state index contributed by atoms with van der Waals surface area (Å²) in [6, 6.07) is 21.1. The molecule has 1 aliphatic heterocycles. The molecule has 3 aromatic rings. The lowest BCUT2D eigenvalue weighted by molar-refractivity contribution is 0.242. The molecule has 0 saturated carbocycles. The van der Waals surface area contributed by atoms with Crippen LogP contribution in [0.1, 0.15) is 41.5 Å². The van der Waals surface area contributed by atoms with Gasteiger partial charge in [0.25, 0.3) is 0 Å². The summed E-state index contributed by atoms with van der Waals surface area (Å²) in [5.74, 6) is 0.889. The highest BCUT2D eigenvalue weighted by molar-refractivity contribution is 5.29. The molecule has 1 unspecified atom stereocenters. The third-order valence-corrected chi connectivity index (χ3v) is 5.41. The zero-order valence-electron chi connectivity index (χ0n) is 17.9. The lowest BCUT2D eigenvalue weighted by atomic mass is 10.1. The van der Waals surface area contributed by atoms with E-state index in [-0.39, 0.29) is 0 Å². The topological polar surface area (TPSA) is 41.5 Å². The van der Waals surface area contributed by atoms with Gasteiger partial charge in [0.2, 0.25) is 0 Å². The van der Waals surface area contributed by atoms with E-state index in [0.29, 0.717) is 12.6 Å². The van der Waals surface area contributed by atoms with Crippen molar-refractivity contribution in [3.8, 4) is 5.75 Å². The molecule has 5 nitrogen and oxygen atoms in total. The Morgan fingerprint density at radius 3 is 2.73 bits per heavy atom.